The molecule has 0 saturated carbocycles. The molecule has 1 aromatic carbocycles. The number of ketones is 2. The van der Waals surface area contributed by atoms with Gasteiger partial charge in [0.1, 0.15) is 0 Å². The first-order valence-corrected chi connectivity index (χ1v) is 9.76. The zero-order chi connectivity index (χ0) is 22.0. The van der Waals surface area contributed by atoms with Gasteiger partial charge in [0.05, 0.1) is 18.3 Å². The van der Waals surface area contributed by atoms with Gasteiger partial charge in [0, 0.05) is 16.9 Å². The van der Waals surface area contributed by atoms with Crippen LogP contribution in [0.15, 0.2) is 12.1 Å². The average Bonchev–Trinajstić information content (AvgIpc) is 2.91. The number of hydrogen-bond donors (Lipinski definition) is 2. The summed E-state index contributed by atoms with van der Waals surface area (Å²) in [5.74, 6) is -0.387. The van der Waals surface area contributed by atoms with E-state index in [2.05, 4.69) is 10.3 Å². The van der Waals surface area contributed by atoms with Crippen LogP contribution in [0, 0.1) is 34.6 Å². The number of rotatable bonds is 7. The maximum absolute atomic E-state index is 13.0. The molecule has 0 saturated heterocycles. The molecule has 0 unspecified atom stereocenters. The quantitative estimate of drug-likeness (QED) is 0.694. The van der Waals surface area contributed by atoms with Crippen molar-refractivity contribution in [3.8, 4) is 0 Å². The van der Waals surface area contributed by atoms with Crippen molar-refractivity contribution in [2.45, 2.75) is 54.5 Å². The topological polar surface area (TPSA) is 82.3 Å². The first-order valence-electron chi connectivity index (χ1n) is 9.76. The molecule has 0 spiro atoms. The molecule has 0 radical (unpaired) electrons. The summed E-state index contributed by atoms with van der Waals surface area (Å²) in [5, 5.41) is 2.97. The summed E-state index contributed by atoms with van der Waals surface area (Å²) in [6.45, 7) is 12.9. The van der Waals surface area contributed by atoms with E-state index in [4.69, 9.17) is 0 Å². The van der Waals surface area contributed by atoms with Crippen LogP contribution in [0.4, 0.5) is 5.69 Å². The van der Waals surface area contributed by atoms with Crippen molar-refractivity contribution in [3.63, 3.8) is 0 Å². The van der Waals surface area contributed by atoms with Crippen LogP contribution in [0.1, 0.15) is 62.6 Å². The molecule has 156 valence electrons. The smallest absolute Gasteiger partial charge is 0.238 e. The number of benzene rings is 1. The predicted molar refractivity (Wildman–Crippen MR) is 116 cm³/mol. The second-order valence-corrected chi connectivity index (χ2v) is 7.96. The van der Waals surface area contributed by atoms with Crippen LogP contribution in [0.5, 0.6) is 0 Å². The van der Waals surface area contributed by atoms with Crippen LogP contribution in [0.25, 0.3) is 0 Å². The molecular weight excluding hydrogens is 366 g/mol. The zero-order valence-corrected chi connectivity index (χ0v) is 18.6. The van der Waals surface area contributed by atoms with Gasteiger partial charge in [-0.3, -0.25) is 19.3 Å². The SMILES string of the molecule is CC(=O)c1c(C)[nH]c(C(=O)[C@@H](C)N(C)CC(=O)Nc2c(C)cc(C)cc2C)c1C. The molecule has 6 heteroatoms. The van der Waals surface area contributed by atoms with Gasteiger partial charge in [-0.15, -0.1) is 0 Å². The van der Waals surface area contributed by atoms with Gasteiger partial charge in [-0.2, -0.15) is 0 Å². The fourth-order valence-electron chi connectivity index (χ4n) is 3.85. The monoisotopic (exact) mass is 397 g/mol. The summed E-state index contributed by atoms with van der Waals surface area (Å²) >= 11 is 0. The molecule has 1 aromatic heterocycles. The van der Waals surface area contributed by atoms with Crippen LogP contribution in [-0.2, 0) is 4.79 Å². The third-order valence-electron chi connectivity index (χ3n) is 5.41. The number of nitrogens with zero attached hydrogens (tertiary/aromatic N) is 1. The molecule has 1 atom stereocenters. The number of carbonyl (C=O) groups is 3. The lowest BCUT2D eigenvalue weighted by Gasteiger charge is -2.23. The number of anilines is 1. The fraction of sp³-hybridized carbons (Fsp3) is 0.435. The fourth-order valence-corrected chi connectivity index (χ4v) is 3.85. The lowest BCUT2D eigenvalue weighted by atomic mass is 10.0. The lowest BCUT2D eigenvalue weighted by molar-refractivity contribution is -0.117. The van der Waals surface area contributed by atoms with Gasteiger partial charge in [-0.25, -0.2) is 0 Å². The van der Waals surface area contributed by atoms with E-state index >= 15 is 0 Å². The van der Waals surface area contributed by atoms with Crippen molar-refractivity contribution in [2.75, 3.05) is 18.9 Å². The van der Waals surface area contributed by atoms with Crippen LogP contribution < -0.4 is 5.32 Å². The molecule has 29 heavy (non-hydrogen) atoms. The van der Waals surface area contributed by atoms with E-state index in [0.717, 1.165) is 22.4 Å². The van der Waals surface area contributed by atoms with Crippen molar-refractivity contribution in [3.05, 3.63) is 51.3 Å². The van der Waals surface area contributed by atoms with E-state index in [1.807, 2.05) is 32.9 Å². The first kappa shape index (κ1) is 22.6. The molecule has 0 aliphatic carbocycles. The number of aromatic amines is 1. The highest BCUT2D eigenvalue weighted by Gasteiger charge is 2.27. The van der Waals surface area contributed by atoms with Crippen molar-refractivity contribution < 1.29 is 14.4 Å². The molecule has 0 aliphatic rings. The van der Waals surface area contributed by atoms with Crippen molar-refractivity contribution >= 4 is 23.2 Å². The molecule has 2 N–H and O–H groups in total. The first-order chi connectivity index (χ1) is 13.4. The number of aryl methyl sites for hydroxylation is 4. The molecular formula is C23H31N3O3. The van der Waals surface area contributed by atoms with Crippen molar-refractivity contribution in [1.82, 2.24) is 9.88 Å². The molecule has 1 amide bonds. The van der Waals surface area contributed by atoms with E-state index in [9.17, 15) is 14.4 Å². The number of Topliss-reactive ketones (excluding diaryl/α,β-unsaturated/α-hetero) is 2. The summed E-state index contributed by atoms with van der Waals surface area (Å²) in [6.07, 6.45) is 0. The Morgan fingerprint density at radius 2 is 1.62 bits per heavy atom. The van der Waals surface area contributed by atoms with Crippen molar-refractivity contribution in [2.24, 2.45) is 0 Å². The van der Waals surface area contributed by atoms with Gasteiger partial charge >= 0.3 is 0 Å². The Kier molecular flexibility index (Phi) is 6.80. The van der Waals surface area contributed by atoms with E-state index < -0.39 is 6.04 Å². The van der Waals surface area contributed by atoms with Gasteiger partial charge in [0.15, 0.2) is 11.6 Å². The predicted octanol–water partition coefficient (Wildman–Crippen LogP) is 3.90. The highest BCUT2D eigenvalue weighted by Crippen LogP contribution is 2.23. The Labute approximate surface area is 172 Å². The van der Waals surface area contributed by atoms with Crippen LogP contribution in [0.2, 0.25) is 0 Å². The number of carbonyl (C=O) groups excluding carboxylic acids is 3. The molecule has 0 fully saturated rings. The van der Waals surface area contributed by atoms with Gasteiger partial charge < -0.3 is 10.3 Å². The average molecular weight is 398 g/mol. The number of aromatic nitrogens is 1. The largest absolute Gasteiger partial charge is 0.355 e. The van der Waals surface area contributed by atoms with E-state index in [-0.39, 0.29) is 24.0 Å². The highest BCUT2D eigenvalue weighted by molar-refractivity contribution is 6.05. The molecule has 6 nitrogen and oxygen atoms in total. The van der Waals surface area contributed by atoms with Gasteiger partial charge in [-0.05, 0) is 72.2 Å². The summed E-state index contributed by atoms with van der Waals surface area (Å²) in [4.78, 5) is 42.1. The Hall–Kier alpha value is -2.73. The normalized spacial score (nSPS) is 12.2. The maximum atomic E-state index is 13.0. The minimum Gasteiger partial charge on any atom is -0.355 e. The number of amides is 1. The van der Waals surface area contributed by atoms with Crippen LogP contribution in [-0.4, -0.2) is 47.0 Å². The Balaban J connectivity index is 2.12. The number of nitrogens with one attached hydrogen (secondary N) is 2. The third kappa shape index (κ3) is 4.82. The summed E-state index contributed by atoms with van der Waals surface area (Å²) in [7, 11) is 1.74. The minimum absolute atomic E-state index is 0.0699. The molecule has 1 heterocycles. The van der Waals surface area contributed by atoms with Crippen LogP contribution in [0.3, 0.4) is 0 Å². The Morgan fingerprint density at radius 1 is 1.07 bits per heavy atom. The van der Waals surface area contributed by atoms with E-state index in [1.54, 1.807) is 32.7 Å². The molecule has 2 rings (SSSR count). The second kappa shape index (κ2) is 8.74. The van der Waals surface area contributed by atoms with Crippen LogP contribution >= 0.6 is 0 Å². The Morgan fingerprint density at radius 3 is 2.10 bits per heavy atom. The lowest BCUT2D eigenvalue weighted by Crippen LogP contribution is -2.41. The summed E-state index contributed by atoms with van der Waals surface area (Å²) in [5.41, 5.74) is 6.33. The highest BCUT2D eigenvalue weighted by atomic mass is 16.2. The third-order valence-corrected chi connectivity index (χ3v) is 5.41. The van der Waals surface area contributed by atoms with Crippen molar-refractivity contribution in [1.29, 1.82) is 0 Å². The molecule has 0 aliphatic heterocycles. The second-order valence-electron chi connectivity index (χ2n) is 7.96. The summed E-state index contributed by atoms with van der Waals surface area (Å²) < 4.78 is 0. The van der Waals surface area contributed by atoms with Gasteiger partial charge in [-0.1, -0.05) is 17.7 Å². The maximum Gasteiger partial charge on any atom is 0.238 e. The molecule has 0 bridgehead atoms. The molecule has 2 aromatic rings. The number of hydrogen-bond acceptors (Lipinski definition) is 4. The van der Waals surface area contributed by atoms with Gasteiger partial charge in [0.2, 0.25) is 5.91 Å². The number of H-pyrrole nitrogens is 1. The standard InChI is InChI=1S/C23H31N3O3/c1-12-9-13(2)21(14(3)10-12)25-19(28)11-26(8)17(6)23(29)22-15(4)20(18(7)27)16(5)24-22/h9-10,17,24H,11H2,1-8H3,(H,25,28)/t17-/m1/s1. The Bertz CT molecular complexity index is 949. The minimum atomic E-state index is -0.516. The zero-order valence-electron chi connectivity index (χ0n) is 18.6. The number of likely N-dealkylation sites (N-methyl/N-ethyl adjacent to an activating group) is 1. The van der Waals surface area contributed by atoms with Gasteiger partial charge in [0.25, 0.3) is 0 Å². The summed E-state index contributed by atoms with van der Waals surface area (Å²) in [6, 6.07) is 3.54. The van der Waals surface area contributed by atoms with E-state index in [1.165, 1.54) is 6.92 Å². The van der Waals surface area contributed by atoms with E-state index in [0.29, 0.717) is 22.5 Å².